The Morgan fingerprint density at radius 3 is 2.87 bits per heavy atom. The molecule has 0 amide bonds. The molecule has 0 aliphatic rings. The lowest BCUT2D eigenvalue weighted by molar-refractivity contribution is 0.476. The lowest BCUT2D eigenvalue weighted by Gasteiger charge is -2.03. The summed E-state index contributed by atoms with van der Waals surface area (Å²) in [5, 5.41) is 18.9. The van der Waals surface area contributed by atoms with Crippen molar-refractivity contribution in [1.82, 2.24) is 4.98 Å². The van der Waals surface area contributed by atoms with E-state index in [9.17, 15) is 9.90 Å². The molecule has 0 saturated heterocycles. The molecule has 15 heavy (non-hydrogen) atoms. The number of hydrogen-bond donors (Lipinski definition) is 2. The van der Waals surface area contributed by atoms with Crippen LogP contribution < -0.4 is 5.56 Å². The number of aromatic hydroxyl groups is 1. The van der Waals surface area contributed by atoms with Gasteiger partial charge in [0.2, 0.25) is 0 Å². The molecular formula is C11H8N2O2. The van der Waals surface area contributed by atoms with Crippen molar-refractivity contribution in [2.45, 2.75) is 6.92 Å². The molecule has 0 aliphatic heterocycles. The SMILES string of the molecule is Cc1c(O)c2cc(C#N)ccc2[nH]c1=O. The Kier molecular flexibility index (Phi) is 1.94. The van der Waals surface area contributed by atoms with Crippen molar-refractivity contribution in [3.05, 3.63) is 39.7 Å². The van der Waals surface area contributed by atoms with Crippen molar-refractivity contribution in [2.75, 3.05) is 0 Å². The van der Waals surface area contributed by atoms with Gasteiger partial charge < -0.3 is 10.1 Å². The summed E-state index contributed by atoms with van der Waals surface area (Å²) in [6.07, 6.45) is 0. The van der Waals surface area contributed by atoms with Crippen LogP contribution in [-0.2, 0) is 0 Å². The molecule has 4 heteroatoms. The number of hydrogen-bond acceptors (Lipinski definition) is 3. The zero-order valence-electron chi connectivity index (χ0n) is 8.03. The molecule has 2 aromatic rings. The molecule has 2 rings (SSSR count). The Labute approximate surface area is 85.4 Å². The summed E-state index contributed by atoms with van der Waals surface area (Å²) in [5.74, 6) is -0.0640. The number of benzene rings is 1. The van der Waals surface area contributed by atoms with Gasteiger partial charge in [0.25, 0.3) is 5.56 Å². The molecule has 1 aromatic heterocycles. The maximum atomic E-state index is 11.3. The molecule has 0 atom stereocenters. The third-order valence-corrected chi connectivity index (χ3v) is 2.35. The summed E-state index contributed by atoms with van der Waals surface area (Å²) in [6.45, 7) is 1.53. The molecule has 0 fully saturated rings. The Balaban J connectivity index is 2.95. The zero-order valence-corrected chi connectivity index (χ0v) is 8.03. The van der Waals surface area contributed by atoms with Crippen LogP contribution in [0.2, 0.25) is 0 Å². The number of aromatic nitrogens is 1. The van der Waals surface area contributed by atoms with E-state index in [0.29, 0.717) is 16.5 Å². The lowest BCUT2D eigenvalue weighted by Crippen LogP contribution is -2.09. The van der Waals surface area contributed by atoms with Gasteiger partial charge in [-0.15, -0.1) is 0 Å². The molecular weight excluding hydrogens is 192 g/mol. The molecule has 0 radical (unpaired) electrons. The maximum Gasteiger partial charge on any atom is 0.255 e. The number of nitriles is 1. The number of fused-ring (bicyclic) bond motifs is 1. The van der Waals surface area contributed by atoms with Crippen molar-refractivity contribution in [3.63, 3.8) is 0 Å². The van der Waals surface area contributed by atoms with Gasteiger partial charge in [-0.05, 0) is 25.1 Å². The van der Waals surface area contributed by atoms with Crippen LogP contribution >= 0.6 is 0 Å². The molecule has 2 N–H and O–H groups in total. The number of aromatic amines is 1. The van der Waals surface area contributed by atoms with Gasteiger partial charge in [-0.25, -0.2) is 0 Å². The van der Waals surface area contributed by atoms with Crippen LogP contribution in [0.3, 0.4) is 0 Å². The van der Waals surface area contributed by atoms with Gasteiger partial charge in [0.15, 0.2) is 0 Å². The minimum Gasteiger partial charge on any atom is -0.507 e. The highest BCUT2D eigenvalue weighted by molar-refractivity contribution is 5.86. The van der Waals surface area contributed by atoms with Crippen molar-refractivity contribution < 1.29 is 5.11 Å². The van der Waals surface area contributed by atoms with Gasteiger partial charge in [-0.1, -0.05) is 0 Å². The summed E-state index contributed by atoms with van der Waals surface area (Å²) < 4.78 is 0. The van der Waals surface area contributed by atoms with E-state index in [2.05, 4.69) is 4.98 Å². The van der Waals surface area contributed by atoms with Gasteiger partial charge in [-0.3, -0.25) is 4.79 Å². The molecule has 74 valence electrons. The van der Waals surface area contributed by atoms with Crippen LogP contribution in [0.5, 0.6) is 5.75 Å². The molecule has 0 saturated carbocycles. The third kappa shape index (κ3) is 1.34. The largest absolute Gasteiger partial charge is 0.507 e. The molecule has 0 bridgehead atoms. The topological polar surface area (TPSA) is 76.9 Å². The molecule has 4 nitrogen and oxygen atoms in total. The summed E-state index contributed by atoms with van der Waals surface area (Å²) >= 11 is 0. The monoisotopic (exact) mass is 200 g/mol. The summed E-state index contributed by atoms with van der Waals surface area (Å²) in [5.41, 5.74) is 0.925. The van der Waals surface area contributed by atoms with E-state index < -0.39 is 0 Å². The van der Waals surface area contributed by atoms with E-state index in [1.54, 1.807) is 18.2 Å². The van der Waals surface area contributed by atoms with E-state index in [1.807, 2.05) is 6.07 Å². The Morgan fingerprint density at radius 1 is 1.47 bits per heavy atom. The number of nitrogens with zero attached hydrogens (tertiary/aromatic N) is 1. The van der Waals surface area contributed by atoms with Crippen molar-refractivity contribution in [3.8, 4) is 11.8 Å². The van der Waals surface area contributed by atoms with Crippen LogP contribution in [0.25, 0.3) is 10.9 Å². The highest BCUT2D eigenvalue weighted by Gasteiger charge is 2.07. The van der Waals surface area contributed by atoms with Crippen LogP contribution in [-0.4, -0.2) is 10.1 Å². The summed E-state index contributed by atoms with van der Waals surface area (Å²) in [7, 11) is 0. The first-order chi connectivity index (χ1) is 7.13. The first kappa shape index (κ1) is 9.28. The molecule has 0 spiro atoms. The van der Waals surface area contributed by atoms with E-state index in [4.69, 9.17) is 5.26 Å². The van der Waals surface area contributed by atoms with Crippen molar-refractivity contribution >= 4 is 10.9 Å². The first-order valence-corrected chi connectivity index (χ1v) is 4.39. The number of rotatable bonds is 0. The normalized spacial score (nSPS) is 10.1. The second kappa shape index (κ2) is 3.14. The minimum atomic E-state index is -0.315. The summed E-state index contributed by atoms with van der Waals surface area (Å²) in [6, 6.07) is 6.72. The number of H-pyrrole nitrogens is 1. The first-order valence-electron chi connectivity index (χ1n) is 4.39. The van der Waals surface area contributed by atoms with Gasteiger partial charge in [0.05, 0.1) is 22.7 Å². The Hall–Kier alpha value is -2.28. The fraction of sp³-hybridized carbons (Fsp3) is 0.0909. The second-order valence-electron chi connectivity index (χ2n) is 3.30. The van der Waals surface area contributed by atoms with Crippen molar-refractivity contribution in [2.24, 2.45) is 0 Å². The van der Waals surface area contributed by atoms with Gasteiger partial charge in [-0.2, -0.15) is 5.26 Å². The average Bonchev–Trinajstić information content (AvgIpc) is 2.26. The van der Waals surface area contributed by atoms with Crippen LogP contribution in [0.4, 0.5) is 0 Å². The fourth-order valence-corrected chi connectivity index (χ4v) is 1.44. The predicted molar refractivity (Wildman–Crippen MR) is 55.7 cm³/mol. The minimum absolute atomic E-state index is 0.0640. The Bertz CT molecular complexity index is 635. The van der Waals surface area contributed by atoms with Crippen LogP contribution in [0.1, 0.15) is 11.1 Å². The number of nitrogens with one attached hydrogen (secondary N) is 1. The second-order valence-corrected chi connectivity index (χ2v) is 3.30. The predicted octanol–water partition coefficient (Wildman–Crippen LogP) is 1.41. The average molecular weight is 200 g/mol. The molecule has 1 heterocycles. The van der Waals surface area contributed by atoms with E-state index >= 15 is 0 Å². The van der Waals surface area contributed by atoms with Crippen LogP contribution in [0.15, 0.2) is 23.0 Å². The quantitative estimate of drug-likeness (QED) is 0.675. The third-order valence-electron chi connectivity index (χ3n) is 2.35. The molecule has 1 aromatic carbocycles. The standard InChI is InChI=1S/C11H8N2O2/c1-6-10(14)8-4-7(5-12)2-3-9(8)13-11(6)15/h2-4H,1H3,(H2,13,14,15). The highest BCUT2D eigenvalue weighted by atomic mass is 16.3. The number of pyridine rings is 1. The van der Waals surface area contributed by atoms with Gasteiger partial charge in [0.1, 0.15) is 5.75 Å². The fourth-order valence-electron chi connectivity index (χ4n) is 1.44. The van der Waals surface area contributed by atoms with Crippen LogP contribution in [0, 0.1) is 18.3 Å². The van der Waals surface area contributed by atoms with Crippen molar-refractivity contribution in [1.29, 1.82) is 5.26 Å². The van der Waals surface area contributed by atoms with E-state index in [1.165, 1.54) is 6.92 Å². The van der Waals surface area contributed by atoms with E-state index in [0.717, 1.165) is 0 Å². The summed E-state index contributed by atoms with van der Waals surface area (Å²) in [4.78, 5) is 14.0. The highest BCUT2D eigenvalue weighted by Crippen LogP contribution is 2.24. The lowest BCUT2D eigenvalue weighted by atomic mass is 10.1. The molecule has 0 unspecified atom stereocenters. The maximum absolute atomic E-state index is 11.3. The zero-order chi connectivity index (χ0) is 11.0. The Morgan fingerprint density at radius 2 is 2.20 bits per heavy atom. The van der Waals surface area contributed by atoms with Gasteiger partial charge in [0, 0.05) is 5.39 Å². The smallest absolute Gasteiger partial charge is 0.255 e. The molecule has 0 aliphatic carbocycles. The van der Waals surface area contributed by atoms with E-state index in [-0.39, 0.29) is 16.9 Å². The van der Waals surface area contributed by atoms with Gasteiger partial charge >= 0.3 is 0 Å².